The molecule has 146 valence electrons. The lowest BCUT2D eigenvalue weighted by molar-refractivity contribution is -0.165. The lowest BCUT2D eigenvalue weighted by Gasteiger charge is -2.55. The van der Waals surface area contributed by atoms with Crippen LogP contribution >= 0.6 is 0 Å². The Morgan fingerprint density at radius 1 is 1.33 bits per heavy atom. The van der Waals surface area contributed by atoms with Crippen molar-refractivity contribution in [2.45, 2.75) is 63.8 Å². The summed E-state index contributed by atoms with van der Waals surface area (Å²) in [6.07, 6.45) is 8.58. The average Bonchev–Trinajstić information content (AvgIpc) is 3.31. The van der Waals surface area contributed by atoms with Crippen LogP contribution in [0.3, 0.4) is 0 Å². The molecule has 5 heteroatoms. The molecule has 8 atom stereocenters. The standard InChI is InChI=1S/C22H28O5/c1-12-8-16-15-5-4-13-9-14(24)6-7-19(13,2)22(15)18(27-22)10-20(16,3)21(12,26)17(25)11-23/h6-7,9,12,15-16,18,23,26H,4-5,8,10-11H2,1-3H3/t12-,15+,16-,18+,19-,20+,21+,22+/m1/s1. The molecule has 0 aromatic carbocycles. The van der Waals surface area contributed by atoms with Crippen molar-refractivity contribution in [3.8, 4) is 0 Å². The Bertz CT molecular complexity index is 814. The number of aliphatic hydroxyl groups is 2. The Labute approximate surface area is 159 Å². The number of epoxide rings is 1. The highest BCUT2D eigenvalue weighted by molar-refractivity contribution is 6.01. The first-order chi connectivity index (χ1) is 12.6. The first-order valence-electron chi connectivity index (χ1n) is 10.1. The Balaban J connectivity index is 1.60. The van der Waals surface area contributed by atoms with Crippen molar-refractivity contribution in [1.82, 2.24) is 0 Å². The molecule has 1 saturated heterocycles. The van der Waals surface area contributed by atoms with E-state index >= 15 is 0 Å². The van der Waals surface area contributed by atoms with Gasteiger partial charge in [-0.15, -0.1) is 0 Å². The Morgan fingerprint density at radius 3 is 2.78 bits per heavy atom. The molecular formula is C22H28O5. The first kappa shape index (κ1) is 17.8. The minimum atomic E-state index is -1.50. The predicted molar refractivity (Wildman–Crippen MR) is 97.7 cm³/mol. The van der Waals surface area contributed by atoms with Crippen LogP contribution in [0.15, 0.2) is 23.8 Å². The number of carbonyl (C=O) groups excluding carboxylic acids is 2. The number of ketones is 2. The zero-order chi connectivity index (χ0) is 19.4. The van der Waals surface area contributed by atoms with Crippen LogP contribution in [-0.2, 0) is 14.3 Å². The molecule has 27 heavy (non-hydrogen) atoms. The van der Waals surface area contributed by atoms with Gasteiger partial charge in [0.15, 0.2) is 11.6 Å². The number of fused-ring (bicyclic) bond motifs is 3. The van der Waals surface area contributed by atoms with Crippen LogP contribution in [0, 0.1) is 28.6 Å². The third-order valence-corrected chi connectivity index (χ3v) is 9.08. The number of allylic oxidation sites excluding steroid dienone is 2. The summed E-state index contributed by atoms with van der Waals surface area (Å²) in [5, 5.41) is 21.0. The van der Waals surface area contributed by atoms with Crippen molar-refractivity contribution in [3.63, 3.8) is 0 Å². The average molecular weight is 372 g/mol. The van der Waals surface area contributed by atoms with Gasteiger partial charge in [0.05, 0.1) is 6.10 Å². The van der Waals surface area contributed by atoms with E-state index in [4.69, 9.17) is 4.74 Å². The normalized spacial score (nSPS) is 55.1. The molecule has 1 aliphatic heterocycles. The van der Waals surface area contributed by atoms with Crippen molar-refractivity contribution >= 4 is 11.6 Å². The molecule has 0 radical (unpaired) electrons. The van der Waals surface area contributed by atoms with Gasteiger partial charge in [-0.2, -0.15) is 0 Å². The van der Waals surface area contributed by atoms with Crippen molar-refractivity contribution < 1.29 is 24.5 Å². The molecule has 1 heterocycles. The van der Waals surface area contributed by atoms with Crippen LogP contribution in [0.5, 0.6) is 0 Å². The SMILES string of the molecule is C[C@@H]1C[C@@H]2[C@@H]3CCC4=CC(=O)C=C[C@@]4(C)[C@]34O[C@H]4C[C@]2(C)[C@@]1(O)C(=O)CO. The molecule has 0 amide bonds. The number of carbonyl (C=O) groups is 2. The van der Waals surface area contributed by atoms with Gasteiger partial charge in [0.2, 0.25) is 0 Å². The third kappa shape index (κ3) is 1.73. The second kappa shape index (κ2) is 5.00. The van der Waals surface area contributed by atoms with Crippen molar-refractivity contribution in [1.29, 1.82) is 0 Å². The fourth-order valence-electron chi connectivity index (χ4n) is 7.70. The zero-order valence-electron chi connectivity index (χ0n) is 16.2. The van der Waals surface area contributed by atoms with E-state index in [1.54, 1.807) is 12.2 Å². The number of rotatable bonds is 2. The van der Waals surface area contributed by atoms with Crippen molar-refractivity contribution in [3.05, 3.63) is 23.8 Å². The number of aliphatic hydroxyl groups excluding tert-OH is 1. The molecule has 1 spiro atoms. The van der Waals surface area contributed by atoms with Crippen LogP contribution in [0.25, 0.3) is 0 Å². The topological polar surface area (TPSA) is 87.1 Å². The minimum absolute atomic E-state index is 0.0291. The van der Waals surface area contributed by atoms with Crippen LogP contribution < -0.4 is 0 Å². The van der Waals surface area contributed by atoms with E-state index in [1.807, 2.05) is 19.9 Å². The number of hydrogen-bond acceptors (Lipinski definition) is 5. The second-order valence-corrected chi connectivity index (χ2v) is 9.86. The summed E-state index contributed by atoms with van der Waals surface area (Å²) in [5.41, 5.74) is -1.55. The van der Waals surface area contributed by atoms with Gasteiger partial charge < -0.3 is 14.9 Å². The Kier molecular flexibility index (Phi) is 3.29. The monoisotopic (exact) mass is 372 g/mol. The molecule has 0 bridgehead atoms. The van der Waals surface area contributed by atoms with Gasteiger partial charge in [0.25, 0.3) is 0 Å². The summed E-state index contributed by atoms with van der Waals surface area (Å²) in [5.74, 6) is -0.193. The summed E-state index contributed by atoms with van der Waals surface area (Å²) < 4.78 is 6.43. The zero-order valence-corrected chi connectivity index (χ0v) is 16.2. The smallest absolute Gasteiger partial charge is 0.190 e. The highest BCUT2D eigenvalue weighted by Crippen LogP contribution is 2.76. The maximum absolute atomic E-state index is 12.6. The maximum atomic E-state index is 12.6. The molecule has 0 aromatic heterocycles. The van der Waals surface area contributed by atoms with Crippen molar-refractivity contribution in [2.24, 2.45) is 28.6 Å². The van der Waals surface area contributed by atoms with Crippen molar-refractivity contribution in [2.75, 3.05) is 6.61 Å². The van der Waals surface area contributed by atoms with E-state index in [0.717, 1.165) is 24.8 Å². The highest BCUT2D eigenvalue weighted by Gasteiger charge is 2.81. The number of hydrogen-bond donors (Lipinski definition) is 2. The first-order valence-corrected chi connectivity index (χ1v) is 10.1. The minimum Gasteiger partial charge on any atom is -0.388 e. The van der Waals surface area contributed by atoms with E-state index in [-0.39, 0.29) is 40.7 Å². The van der Waals surface area contributed by atoms with Gasteiger partial charge in [0, 0.05) is 10.8 Å². The van der Waals surface area contributed by atoms with Crippen LogP contribution in [0.1, 0.15) is 46.5 Å². The van der Waals surface area contributed by atoms with Crippen LogP contribution in [0.4, 0.5) is 0 Å². The highest BCUT2D eigenvalue weighted by atomic mass is 16.6. The molecule has 2 N–H and O–H groups in total. The summed E-state index contributed by atoms with van der Waals surface area (Å²) in [4.78, 5) is 24.5. The quantitative estimate of drug-likeness (QED) is 0.724. The summed E-state index contributed by atoms with van der Waals surface area (Å²) in [7, 11) is 0. The molecule has 4 fully saturated rings. The molecule has 3 saturated carbocycles. The molecule has 4 aliphatic carbocycles. The van der Waals surface area contributed by atoms with E-state index in [1.165, 1.54) is 0 Å². The van der Waals surface area contributed by atoms with Gasteiger partial charge in [-0.25, -0.2) is 0 Å². The van der Waals surface area contributed by atoms with Crippen LogP contribution in [-0.4, -0.2) is 45.7 Å². The summed E-state index contributed by atoms with van der Waals surface area (Å²) in [6, 6.07) is 0. The number of ether oxygens (including phenoxy) is 1. The molecule has 5 aliphatic rings. The fraction of sp³-hybridized carbons (Fsp3) is 0.727. The number of Topliss-reactive ketones (excluding diaryl/α,β-unsaturated/α-hetero) is 1. The van der Waals surface area contributed by atoms with E-state index in [2.05, 4.69) is 6.92 Å². The summed E-state index contributed by atoms with van der Waals surface area (Å²) >= 11 is 0. The van der Waals surface area contributed by atoms with Gasteiger partial charge in [-0.3, -0.25) is 9.59 Å². The van der Waals surface area contributed by atoms with Gasteiger partial charge >= 0.3 is 0 Å². The largest absolute Gasteiger partial charge is 0.388 e. The van der Waals surface area contributed by atoms with E-state index in [9.17, 15) is 19.8 Å². The van der Waals surface area contributed by atoms with Crippen LogP contribution in [0.2, 0.25) is 0 Å². The lowest BCUT2D eigenvalue weighted by Crippen LogP contribution is -2.62. The van der Waals surface area contributed by atoms with E-state index in [0.29, 0.717) is 6.42 Å². The molecule has 0 aromatic rings. The fourth-order valence-corrected chi connectivity index (χ4v) is 7.70. The second-order valence-electron chi connectivity index (χ2n) is 9.86. The van der Waals surface area contributed by atoms with E-state index < -0.39 is 23.4 Å². The lowest BCUT2D eigenvalue weighted by atomic mass is 9.46. The van der Waals surface area contributed by atoms with Gasteiger partial charge in [-0.1, -0.05) is 25.5 Å². The van der Waals surface area contributed by atoms with Gasteiger partial charge in [0.1, 0.15) is 17.8 Å². The summed E-state index contributed by atoms with van der Waals surface area (Å²) in [6.45, 7) is 5.51. The maximum Gasteiger partial charge on any atom is 0.190 e. The Morgan fingerprint density at radius 2 is 2.07 bits per heavy atom. The molecular weight excluding hydrogens is 344 g/mol. The van der Waals surface area contributed by atoms with Gasteiger partial charge in [-0.05, 0) is 62.5 Å². The third-order valence-electron chi connectivity index (χ3n) is 9.08. The Hall–Kier alpha value is -1.30. The molecule has 5 nitrogen and oxygen atoms in total. The predicted octanol–water partition coefficient (Wildman–Crippen LogP) is 1.96. The molecule has 0 unspecified atom stereocenters. The molecule has 5 rings (SSSR count).